The van der Waals surface area contributed by atoms with Crippen LogP contribution in [-0.2, 0) is 4.79 Å². The molecule has 144 valence electrons. The summed E-state index contributed by atoms with van der Waals surface area (Å²) in [5.41, 5.74) is 2.75. The number of aromatic nitrogens is 2. The minimum absolute atomic E-state index is 0.125. The molecule has 0 aliphatic rings. The topological polar surface area (TPSA) is 73.2 Å². The third-order valence-corrected chi connectivity index (χ3v) is 4.27. The molecule has 6 nitrogen and oxygen atoms in total. The summed E-state index contributed by atoms with van der Waals surface area (Å²) in [5, 5.41) is 6.77. The number of hydrogen-bond acceptors (Lipinski definition) is 4. The minimum Gasteiger partial charge on any atom is -0.463 e. The van der Waals surface area contributed by atoms with Crippen LogP contribution < -0.4 is 15.6 Å². The Kier molecular flexibility index (Phi) is 5.54. The zero-order valence-electron chi connectivity index (χ0n) is 15.8. The first-order chi connectivity index (χ1) is 13.3. The molecule has 0 unspecified atom stereocenters. The van der Waals surface area contributed by atoms with Crippen LogP contribution in [-0.4, -0.2) is 21.8 Å². The number of benzene rings is 2. The van der Waals surface area contributed by atoms with Gasteiger partial charge in [0.15, 0.2) is 6.10 Å². The number of amides is 1. The van der Waals surface area contributed by atoms with E-state index in [2.05, 4.69) is 10.4 Å². The fourth-order valence-corrected chi connectivity index (χ4v) is 2.54. The molecule has 1 N–H and O–H groups in total. The van der Waals surface area contributed by atoms with Crippen molar-refractivity contribution >= 4 is 11.6 Å². The molecule has 0 aliphatic heterocycles. The van der Waals surface area contributed by atoms with Gasteiger partial charge in [0.25, 0.3) is 11.5 Å². The van der Waals surface area contributed by atoms with Gasteiger partial charge < -0.3 is 10.1 Å². The van der Waals surface area contributed by atoms with Crippen molar-refractivity contribution in [1.82, 2.24) is 9.78 Å². The van der Waals surface area contributed by atoms with E-state index >= 15 is 0 Å². The van der Waals surface area contributed by atoms with Gasteiger partial charge in [-0.05, 0) is 62.2 Å². The zero-order valence-corrected chi connectivity index (χ0v) is 15.8. The average Bonchev–Trinajstić information content (AvgIpc) is 2.65. The van der Waals surface area contributed by atoms with Crippen LogP contribution in [0.5, 0.6) is 5.88 Å². The number of nitrogens with zero attached hydrogens (tertiary/aromatic N) is 2. The summed E-state index contributed by atoms with van der Waals surface area (Å²) in [6, 6.07) is 13.9. The Labute approximate surface area is 161 Å². The van der Waals surface area contributed by atoms with Gasteiger partial charge in [-0.3, -0.25) is 9.59 Å². The molecule has 3 rings (SSSR count). The maximum Gasteiger partial charge on any atom is 0.271 e. The Morgan fingerprint density at radius 3 is 2.61 bits per heavy atom. The van der Waals surface area contributed by atoms with Crippen LogP contribution in [0.2, 0.25) is 0 Å². The first-order valence-electron chi connectivity index (χ1n) is 8.74. The molecule has 1 atom stereocenters. The molecule has 0 saturated heterocycles. The first kappa shape index (κ1) is 19.3. The summed E-state index contributed by atoms with van der Waals surface area (Å²) < 4.78 is 20.0. The predicted molar refractivity (Wildman–Crippen MR) is 104 cm³/mol. The van der Waals surface area contributed by atoms with Crippen molar-refractivity contribution in [2.24, 2.45) is 0 Å². The van der Waals surface area contributed by atoms with E-state index < -0.39 is 17.8 Å². The Bertz CT molecular complexity index is 1080. The standard InChI is InChI=1S/C21H20FN3O3/c1-13-7-8-18(11-14(13)2)25-20(26)10-9-19(24-25)28-15(3)21(27)23-17-6-4-5-16(22)12-17/h4-12,15H,1-3H3,(H,23,27)/t15-/m0/s1. The number of ether oxygens (including phenoxy) is 1. The number of rotatable bonds is 5. The number of aryl methyl sites for hydroxylation is 2. The van der Waals surface area contributed by atoms with Gasteiger partial charge in [-0.2, -0.15) is 4.68 Å². The van der Waals surface area contributed by atoms with Crippen molar-refractivity contribution in [3.63, 3.8) is 0 Å². The summed E-state index contributed by atoms with van der Waals surface area (Å²) in [7, 11) is 0. The van der Waals surface area contributed by atoms with Crippen molar-refractivity contribution < 1.29 is 13.9 Å². The van der Waals surface area contributed by atoms with Crippen LogP contribution in [0.3, 0.4) is 0 Å². The normalized spacial score (nSPS) is 11.7. The van der Waals surface area contributed by atoms with Gasteiger partial charge in [0.1, 0.15) is 5.82 Å². The van der Waals surface area contributed by atoms with Crippen LogP contribution >= 0.6 is 0 Å². The Hall–Kier alpha value is -3.48. The quantitative estimate of drug-likeness (QED) is 0.735. The second-order valence-corrected chi connectivity index (χ2v) is 6.45. The van der Waals surface area contributed by atoms with Gasteiger partial charge in [-0.1, -0.05) is 12.1 Å². The van der Waals surface area contributed by atoms with Gasteiger partial charge in [-0.15, -0.1) is 5.10 Å². The average molecular weight is 381 g/mol. The van der Waals surface area contributed by atoms with Crippen molar-refractivity contribution in [3.8, 4) is 11.6 Å². The smallest absolute Gasteiger partial charge is 0.271 e. The number of carbonyl (C=O) groups is 1. The van der Waals surface area contributed by atoms with Crippen molar-refractivity contribution in [2.45, 2.75) is 26.9 Å². The lowest BCUT2D eigenvalue weighted by Crippen LogP contribution is -2.31. The molecule has 1 heterocycles. The third kappa shape index (κ3) is 4.43. The highest BCUT2D eigenvalue weighted by molar-refractivity contribution is 5.94. The molecule has 1 aromatic heterocycles. The highest BCUT2D eigenvalue weighted by Gasteiger charge is 2.16. The molecule has 0 bridgehead atoms. The van der Waals surface area contributed by atoms with E-state index in [9.17, 15) is 14.0 Å². The van der Waals surface area contributed by atoms with E-state index in [1.54, 1.807) is 19.1 Å². The molecule has 1 amide bonds. The summed E-state index contributed by atoms with van der Waals surface area (Å²) in [6.45, 7) is 5.47. The van der Waals surface area contributed by atoms with Crippen LogP contribution in [0, 0.1) is 19.7 Å². The molecule has 3 aromatic rings. The SMILES string of the molecule is Cc1ccc(-n2nc(O[C@@H](C)C(=O)Nc3cccc(F)c3)ccc2=O)cc1C. The molecule has 0 saturated carbocycles. The number of nitrogens with one attached hydrogen (secondary N) is 1. The van der Waals surface area contributed by atoms with Crippen LogP contribution in [0.15, 0.2) is 59.4 Å². The van der Waals surface area contributed by atoms with Gasteiger partial charge in [0.2, 0.25) is 5.88 Å². The first-order valence-corrected chi connectivity index (χ1v) is 8.74. The van der Waals surface area contributed by atoms with E-state index in [0.29, 0.717) is 11.4 Å². The monoisotopic (exact) mass is 381 g/mol. The summed E-state index contributed by atoms with van der Waals surface area (Å²) in [6.07, 6.45) is -0.901. The second kappa shape index (κ2) is 8.04. The lowest BCUT2D eigenvalue weighted by Gasteiger charge is -2.15. The molecule has 0 aliphatic carbocycles. The van der Waals surface area contributed by atoms with E-state index in [1.165, 1.54) is 35.0 Å². The fraction of sp³-hybridized carbons (Fsp3) is 0.190. The molecule has 2 aromatic carbocycles. The Morgan fingerprint density at radius 2 is 1.89 bits per heavy atom. The zero-order chi connectivity index (χ0) is 20.3. The molecular formula is C21H20FN3O3. The highest BCUT2D eigenvalue weighted by Crippen LogP contribution is 2.15. The minimum atomic E-state index is -0.901. The Morgan fingerprint density at radius 1 is 1.11 bits per heavy atom. The van der Waals surface area contributed by atoms with Crippen LogP contribution in [0.4, 0.5) is 10.1 Å². The maximum absolute atomic E-state index is 13.2. The number of anilines is 1. The van der Waals surface area contributed by atoms with Gasteiger partial charge in [0.05, 0.1) is 5.69 Å². The second-order valence-electron chi connectivity index (χ2n) is 6.45. The number of hydrogen-bond donors (Lipinski definition) is 1. The highest BCUT2D eigenvalue weighted by atomic mass is 19.1. The van der Waals surface area contributed by atoms with E-state index in [0.717, 1.165) is 11.1 Å². The predicted octanol–water partition coefficient (Wildman–Crippen LogP) is 3.39. The molecular weight excluding hydrogens is 361 g/mol. The number of halogens is 1. The molecule has 0 radical (unpaired) electrons. The van der Waals surface area contributed by atoms with E-state index in [4.69, 9.17) is 4.74 Å². The van der Waals surface area contributed by atoms with Crippen molar-refractivity contribution in [3.05, 3.63) is 81.9 Å². The Balaban J connectivity index is 1.77. The lowest BCUT2D eigenvalue weighted by atomic mass is 10.1. The van der Waals surface area contributed by atoms with Crippen molar-refractivity contribution in [2.75, 3.05) is 5.32 Å². The molecule has 7 heteroatoms. The van der Waals surface area contributed by atoms with Crippen LogP contribution in [0.25, 0.3) is 5.69 Å². The van der Waals surface area contributed by atoms with Gasteiger partial charge in [-0.25, -0.2) is 4.39 Å². The summed E-state index contributed by atoms with van der Waals surface area (Å²) in [4.78, 5) is 24.5. The van der Waals surface area contributed by atoms with Crippen molar-refractivity contribution in [1.29, 1.82) is 0 Å². The van der Waals surface area contributed by atoms with E-state index in [-0.39, 0.29) is 11.4 Å². The fourth-order valence-electron chi connectivity index (χ4n) is 2.54. The molecule has 0 fully saturated rings. The van der Waals surface area contributed by atoms with E-state index in [1.807, 2.05) is 26.0 Å². The largest absolute Gasteiger partial charge is 0.463 e. The third-order valence-electron chi connectivity index (χ3n) is 4.27. The van der Waals surface area contributed by atoms with Gasteiger partial charge >= 0.3 is 0 Å². The summed E-state index contributed by atoms with van der Waals surface area (Å²) in [5.74, 6) is -0.787. The van der Waals surface area contributed by atoms with Gasteiger partial charge in [0, 0.05) is 17.8 Å². The number of carbonyl (C=O) groups excluding carboxylic acids is 1. The van der Waals surface area contributed by atoms with Crippen LogP contribution in [0.1, 0.15) is 18.1 Å². The molecule has 0 spiro atoms. The molecule has 28 heavy (non-hydrogen) atoms. The maximum atomic E-state index is 13.2. The lowest BCUT2D eigenvalue weighted by molar-refractivity contribution is -0.122. The summed E-state index contributed by atoms with van der Waals surface area (Å²) >= 11 is 0.